The molecule has 1 fully saturated rings. The molecule has 1 saturated heterocycles. The minimum Gasteiger partial charge on any atom is -0.389 e. The van der Waals surface area contributed by atoms with Gasteiger partial charge in [-0.3, -0.25) is 4.79 Å². The maximum atomic E-state index is 11.9. The van der Waals surface area contributed by atoms with Crippen molar-refractivity contribution in [2.75, 3.05) is 25.0 Å². The summed E-state index contributed by atoms with van der Waals surface area (Å²) in [7, 11) is 0. The molecule has 2 heterocycles. The lowest BCUT2D eigenvalue weighted by Gasteiger charge is -2.16. The Kier molecular flexibility index (Phi) is 4.03. The number of thiocarbonyl (C=S) groups is 1. The molecule has 0 radical (unpaired) electrons. The summed E-state index contributed by atoms with van der Waals surface area (Å²) in [5.74, 6) is 0.518. The number of nitrogens with one attached hydrogen (secondary N) is 1. The van der Waals surface area contributed by atoms with E-state index in [1.165, 1.54) is 6.20 Å². The summed E-state index contributed by atoms with van der Waals surface area (Å²) in [6.45, 7) is 1.86. The minimum atomic E-state index is 0.0621. The molecule has 0 aliphatic carbocycles. The predicted octanol–water partition coefficient (Wildman–Crippen LogP) is 0.145. The molecule has 0 unspecified atom stereocenters. The zero-order valence-electron chi connectivity index (χ0n) is 9.93. The van der Waals surface area contributed by atoms with E-state index in [0.29, 0.717) is 11.4 Å². The molecule has 1 aliphatic heterocycles. The molecule has 18 heavy (non-hydrogen) atoms. The van der Waals surface area contributed by atoms with Crippen molar-refractivity contribution in [1.82, 2.24) is 15.1 Å². The number of carbonyl (C=O) groups is 1. The SMILES string of the molecule is NC(=S)c1ccnnc1NCC(=O)N1CCCC1. The van der Waals surface area contributed by atoms with Crippen molar-refractivity contribution in [3.05, 3.63) is 17.8 Å². The molecule has 2 rings (SSSR count). The highest BCUT2D eigenvalue weighted by Crippen LogP contribution is 2.11. The molecule has 0 atom stereocenters. The molecule has 0 aromatic carbocycles. The molecule has 0 bridgehead atoms. The third-order valence-corrected chi connectivity index (χ3v) is 3.07. The Hall–Kier alpha value is -1.76. The number of aromatic nitrogens is 2. The van der Waals surface area contributed by atoms with E-state index in [2.05, 4.69) is 15.5 Å². The topological polar surface area (TPSA) is 84.1 Å². The van der Waals surface area contributed by atoms with E-state index in [1.807, 2.05) is 4.90 Å². The first-order valence-electron chi connectivity index (χ1n) is 5.81. The smallest absolute Gasteiger partial charge is 0.241 e. The number of anilines is 1. The largest absolute Gasteiger partial charge is 0.389 e. The van der Waals surface area contributed by atoms with E-state index >= 15 is 0 Å². The molecule has 6 nitrogen and oxygen atoms in total. The maximum absolute atomic E-state index is 11.9. The van der Waals surface area contributed by atoms with Gasteiger partial charge in [0.25, 0.3) is 0 Å². The van der Waals surface area contributed by atoms with Gasteiger partial charge in [0.2, 0.25) is 5.91 Å². The number of hydrogen-bond acceptors (Lipinski definition) is 5. The van der Waals surface area contributed by atoms with Crippen molar-refractivity contribution in [1.29, 1.82) is 0 Å². The van der Waals surface area contributed by atoms with Crippen LogP contribution in [0.1, 0.15) is 18.4 Å². The van der Waals surface area contributed by atoms with Gasteiger partial charge in [-0.25, -0.2) is 0 Å². The summed E-state index contributed by atoms with van der Waals surface area (Å²) in [6, 6.07) is 1.68. The third kappa shape index (κ3) is 2.92. The molecule has 0 spiro atoms. The number of carbonyl (C=O) groups excluding carboxylic acids is 1. The summed E-state index contributed by atoms with van der Waals surface area (Å²) in [6.07, 6.45) is 3.67. The first-order valence-corrected chi connectivity index (χ1v) is 6.22. The molecule has 1 aromatic heterocycles. The van der Waals surface area contributed by atoms with Gasteiger partial charge in [-0.15, -0.1) is 5.10 Å². The van der Waals surface area contributed by atoms with Gasteiger partial charge in [-0.2, -0.15) is 5.10 Å². The van der Waals surface area contributed by atoms with Crippen LogP contribution in [0.3, 0.4) is 0 Å². The van der Waals surface area contributed by atoms with Gasteiger partial charge in [0.05, 0.1) is 18.3 Å². The van der Waals surface area contributed by atoms with Crippen LogP contribution in [-0.4, -0.2) is 45.6 Å². The van der Waals surface area contributed by atoms with Gasteiger partial charge in [0, 0.05) is 13.1 Å². The van der Waals surface area contributed by atoms with E-state index in [4.69, 9.17) is 18.0 Å². The van der Waals surface area contributed by atoms with Gasteiger partial charge in [0.15, 0.2) is 5.82 Å². The number of amides is 1. The van der Waals surface area contributed by atoms with Crippen LogP contribution in [0.2, 0.25) is 0 Å². The fourth-order valence-electron chi connectivity index (χ4n) is 1.90. The van der Waals surface area contributed by atoms with E-state index in [-0.39, 0.29) is 17.4 Å². The van der Waals surface area contributed by atoms with Gasteiger partial charge in [-0.05, 0) is 18.9 Å². The van der Waals surface area contributed by atoms with Gasteiger partial charge in [-0.1, -0.05) is 12.2 Å². The monoisotopic (exact) mass is 265 g/mol. The fourth-order valence-corrected chi connectivity index (χ4v) is 2.06. The predicted molar refractivity (Wildman–Crippen MR) is 72.2 cm³/mol. The highest BCUT2D eigenvalue weighted by atomic mass is 32.1. The molecular weight excluding hydrogens is 250 g/mol. The van der Waals surface area contributed by atoms with E-state index in [0.717, 1.165) is 25.9 Å². The highest BCUT2D eigenvalue weighted by Gasteiger charge is 2.18. The third-order valence-electron chi connectivity index (χ3n) is 2.85. The molecule has 1 aliphatic rings. The van der Waals surface area contributed by atoms with Crippen LogP contribution in [0.5, 0.6) is 0 Å². The van der Waals surface area contributed by atoms with Crippen LogP contribution in [0.15, 0.2) is 12.3 Å². The molecule has 7 heteroatoms. The zero-order chi connectivity index (χ0) is 13.0. The number of likely N-dealkylation sites (tertiary alicyclic amines) is 1. The molecule has 1 aromatic rings. The van der Waals surface area contributed by atoms with Crippen molar-refractivity contribution in [2.45, 2.75) is 12.8 Å². The lowest BCUT2D eigenvalue weighted by Crippen LogP contribution is -2.33. The average Bonchev–Trinajstić information content (AvgIpc) is 2.90. The van der Waals surface area contributed by atoms with Crippen LogP contribution < -0.4 is 11.1 Å². The van der Waals surface area contributed by atoms with Crippen LogP contribution in [-0.2, 0) is 4.79 Å². The summed E-state index contributed by atoms with van der Waals surface area (Å²) < 4.78 is 0. The van der Waals surface area contributed by atoms with Crippen LogP contribution in [0.4, 0.5) is 5.82 Å². The number of nitrogens with zero attached hydrogens (tertiary/aromatic N) is 3. The molecular formula is C11H15N5OS. The lowest BCUT2D eigenvalue weighted by atomic mass is 10.3. The summed E-state index contributed by atoms with van der Waals surface area (Å²) in [4.78, 5) is 13.9. The van der Waals surface area contributed by atoms with E-state index in [9.17, 15) is 4.79 Å². The van der Waals surface area contributed by atoms with Gasteiger partial charge < -0.3 is 16.0 Å². The Bertz CT molecular complexity index is 459. The summed E-state index contributed by atoms with van der Waals surface area (Å²) >= 11 is 4.91. The molecule has 3 N–H and O–H groups in total. The quantitative estimate of drug-likeness (QED) is 0.754. The second kappa shape index (κ2) is 5.72. The van der Waals surface area contributed by atoms with Crippen molar-refractivity contribution in [2.24, 2.45) is 5.73 Å². The number of nitrogens with two attached hydrogens (primary N) is 1. The minimum absolute atomic E-state index is 0.0621. The Morgan fingerprint density at radius 3 is 2.89 bits per heavy atom. The molecule has 96 valence electrons. The van der Waals surface area contributed by atoms with Gasteiger partial charge >= 0.3 is 0 Å². The Labute approximate surface area is 111 Å². The number of hydrogen-bond donors (Lipinski definition) is 2. The molecule has 0 saturated carbocycles. The second-order valence-corrected chi connectivity index (χ2v) is 4.54. The summed E-state index contributed by atoms with van der Waals surface area (Å²) in [5.41, 5.74) is 6.18. The fraction of sp³-hybridized carbons (Fsp3) is 0.455. The van der Waals surface area contributed by atoms with Crippen LogP contribution in [0, 0.1) is 0 Å². The van der Waals surface area contributed by atoms with E-state index < -0.39 is 0 Å². The second-order valence-electron chi connectivity index (χ2n) is 4.10. The zero-order valence-corrected chi connectivity index (χ0v) is 10.7. The summed E-state index contributed by atoms with van der Waals surface area (Å²) in [5, 5.41) is 10.6. The van der Waals surface area contributed by atoms with Crippen molar-refractivity contribution < 1.29 is 4.79 Å². The first-order chi connectivity index (χ1) is 8.68. The maximum Gasteiger partial charge on any atom is 0.241 e. The standard InChI is InChI=1S/C11H15N5OS/c12-10(18)8-3-4-14-15-11(8)13-7-9(17)16-5-1-2-6-16/h3-4H,1-2,5-7H2,(H2,12,18)(H,13,15). The lowest BCUT2D eigenvalue weighted by molar-refractivity contribution is -0.128. The van der Waals surface area contributed by atoms with Crippen molar-refractivity contribution in [3.63, 3.8) is 0 Å². The first kappa shape index (κ1) is 12.7. The van der Waals surface area contributed by atoms with Crippen molar-refractivity contribution >= 4 is 28.9 Å². The normalized spacial score (nSPS) is 14.6. The Morgan fingerprint density at radius 1 is 1.50 bits per heavy atom. The Balaban J connectivity index is 1.97. The average molecular weight is 265 g/mol. The van der Waals surface area contributed by atoms with Crippen molar-refractivity contribution in [3.8, 4) is 0 Å². The number of rotatable bonds is 4. The Morgan fingerprint density at radius 2 is 2.22 bits per heavy atom. The van der Waals surface area contributed by atoms with Crippen LogP contribution in [0.25, 0.3) is 0 Å². The van der Waals surface area contributed by atoms with Crippen LogP contribution >= 0.6 is 12.2 Å². The van der Waals surface area contributed by atoms with E-state index in [1.54, 1.807) is 6.07 Å². The van der Waals surface area contributed by atoms with Gasteiger partial charge in [0.1, 0.15) is 4.99 Å². The highest BCUT2D eigenvalue weighted by molar-refractivity contribution is 7.80. The molecule has 1 amide bonds.